The largest absolute Gasteiger partial charge is 0.496 e. The van der Waals surface area contributed by atoms with Crippen molar-refractivity contribution in [3.63, 3.8) is 0 Å². The topological polar surface area (TPSA) is 27.7 Å². The second-order valence-corrected chi connectivity index (χ2v) is 5.78. The van der Waals surface area contributed by atoms with Crippen LogP contribution in [0.3, 0.4) is 0 Å². The summed E-state index contributed by atoms with van der Waals surface area (Å²) < 4.78 is 29.6. The summed E-state index contributed by atoms with van der Waals surface area (Å²) >= 11 is 4.28. The van der Waals surface area contributed by atoms with E-state index in [9.17, 15) is 4.39 Å². The quantitative estimate of drug-likeness (QED) is 0.743. The summed E-state index contributed by atoms with van der Waals surface area (Å²) in [4.78, 5) is 0.818. The van der Waals surface area contributed by atoms with Crippen molar-refractivity contribution in [2.45, 2.75) is 24.2 Å². The summed E-state index contributed by atoms with van der Waals surface area (Å²) in [5, 5.41) is 0. The predicted octanol–water partition coefficient (Wildman–Crippen LogP) is 4.70. The van der Waals surface area contributed by atoms with Gasteiger partial charge in [0, 0.05) is 11.0 Å². The molecule has 3 nitrogen and oxygen atoms in total. The van der Waals surface area contributed by atoms with Crippen LogP contribution in [0, 0.1) is 5.82 Å². The molecular weight excluding hydrogens is 315 g/mol. The first-order valence-electron chi connectivity index (χ1n) is 7.38. The number of halogens is 1. The minimum absolute atomic E-state index is 0.181. The number of hydrogen-bond donors (Lipinski definition) is 1. The van der Waals surface area contributed by atoms with E-state index >= 15 is 0 Å². The molecule has 124 valence electrons. The second kappa shape index (κ2) is 8.11. The Balaban J connectivity index is 1.99. The fourth-order valence-electron chi connectivity index (χ4n) is 2.37. The molecule has 23 heavy (non-hydrogen) atoms. The van der Waals surface area contributed by atoms with Crippen molar-refractivity contribution in [3.05, 3.63) is 47.8 Å². The number of methoxy groups -OCH3 is 2. The van der Waals surface area contributed by atoms with Gasteiger partial charge in [-0.15, -0.1) is 12.6 Å². The lowest BCUT2D eigenvalue weighted by Gasteiger charge is -2.17. The summed E-state index contributed by atoms with van der Waals surface area (Å²) in [6.07, 6.45) is 0.772. The molecule has 0 aliphatic rings. The third-order valence-corrected chi connectivity index (χ3v) is 3.96. The van der Waals surface area contributed by atoms with Crippen molar-refractivity contribution < 1.29 is 18.6 Å². The normalized spacial score (nSPS) is 11.9. The van der Waals surface area contributed by atoms with Crippen molar-refractivity contribution in [1.29, 1.82) is 0 Å². The van der Waals surface area contributed by atoms with Crippen LogP contribution >= 0.6 is 12.6 Å². The fourth-order valence-corrected chi connectivity index (χ4v) is 2.56. The number of hydrogen-bond acceptors (Lipinski definition) is 4. The highest BCUT2D eigenvalue weighted by Crippen LogP contribution is 2.32. The van der Waals surface area contributed by atoms with Gasteiger partial charge in [-0.1, -0.05) is 13.0 Å². The smallest absolute Gasteiger partial charge is 0.161 e. The SMILES string of the molecule is COc1cc(S)ccc1OCCC(C)c1ccc(F)cc1OC. The highest BCUT2D eigenvalue weighted by Gasteiger charge is 2.13. The summed E-state index contributed by atoms with van der Waals surface area (Å²) in [6, 6.07) is 10.1. The number of benzene rings is 2. The molecule has 1 atom stereocenters. The zero-order valence-corrected chi connectivity index (χ0v) is 14.4. The lowest BCUT2D eigenvalue weighted by molar-refractivity contribution is 0.280. The average Bonchev–Trinajstić information content (AvgIpc) is 2.55. The van der Waals surface area contributed by atoms with E-state index in [0.29, 0.717) is 23.9 Å². The summed E-state index contributed by atoms with van der Waals surface area (Å²) in [7, 11) is 3.15. The van der Waals surface area contributed by atoms with Crippen LogP contribution in [0.2, 0.25) is 0 Å². The third kappa shape index (κ3) is 4.55. The summed E-state index contributed by atoms with van der Waals surface area (Å²) in [5.41, 5.74) is 0.968. The number of rotatable bonds is 7. The van der Waals surface area contributed by atoms with E-state index in [0.717, 1.165) is 16.9 Å². The minimum Gasteiger partial charge on any atom is -0.496 e. The van der Waals surface area contributed by atoms with E-state index in [4.69, 9.17) is 14.2 Å². The Bertz CT molecular complexity index is 661. The van der Waals surface area contributed by atoms with Crippen LogP contribution in [0.25, 0.3) is 0 Å². The molecule has 0 aliphatic heterocycles. The Labute approximate surface area is 141 Å². The van der Waals surface area contributed by atoms with Crippen LogP contribution in [-0.2, 0) is 0 Å². The van der Waals surface area contributed by atoms with Crippen LogP contribution in [-0.4, -0.2) is 20.8 Å². The molecule has 0 saturated carbocycles. The standard InChI is InChI=1S/C18H21FO3S/c1-12(15-6-4-13(19)10-17(15)20-2)8-9-22-16-7-5-14(23)11-18(16)21-3/h4-7,10-12,23H,8-9H2,1-3H3. The van der Waals surface area contributed by atoms with Crippen molar-refractivity contribution in [1.82, 2.24) is 0 Å². The molecule has 0 aromatic heterocycles. The van der Waals surface area contributed by atoms with Crippen molar-refractivity contribution in [3.8, 4) is 17.2 Å². The first-order chi connectivity index (χ1) is 11.0. The van der Waals surface area contributed by atoms with Gasteiger partial charge in [0.2, 0.25) is 0 Å². The van der Waals surface area contributed by atoms with Gasteiger partial charge >= 0.3 is 0 Å². The van der Waals surface area contributed by atoms with E-state index in [-0.39, 0.29) is 11.7 Å². The molecule has 0 bridgehead atoms. The summed E-state index contributed by atoms with van der Waals surface area (Å²) in [5.74, 6) is 1.79. The molecule has 2 rings (SSSR count). The molecule has 0 amide bonds. The molecule has 2 aromatic carbocycles. The third-order valence-electron chi connectivity index (χ3n) is 3.68. The molecule has 2 aromatic rings. The molecular formula is C18H21FO3S. The van der Waals surface area contributed by atoms with Crippen LogP contribution in [0.4, 0.5) is 4.39 Å². The van der Waals surface area contributed by atoms with Crippen molar-refractivity contribution in [2.75, 3.05) is 20.8 Å². The van der Waals surface area contributed by atoms with Gasteiger partial charge < -0.3 is 14.2 Å². The van der Waals surface area contributed by atoms with Gasteiger partial charge in [-0.2, -0.15) is 0 Å². The highest BCUT2D eigenvalue weighted by atomic mass is 32.1. The zero-order chi connectivity index (χ0) is 16.8. The van der Waals surface area contributed by atoms with Crippen molar-refractivity contribution >= 4 is 12.6 Å². The Morgan fingerprint density at radius 2 is 1.74 bits per heavy atom. The van der Waals surface area contributed by atoms with E-state index in [1.807, 2.05) is 18.2 Å². The number of ether oxygens (including phenoxy) is 3. The molecule has 5 heteroatoms. The average molecular weight is 336 g/mol. The first-order valence-corrected chi connectivity index (χ1v) is 7.83. The summed E-state index contributed by atoms with van der Waals surface area (Å²) in [6.45, 7) is 2.58. The minimum atomic E-state index is -0.300. The van der Waals surface area contributed by atoms with Crippen LogP contribution < -0.4 is 14.2 Å². The van der Waals surface area contributed by atoms with E-state index in [1.165, 1.54) is 12.1 Å². The van der Waals surface area contributed by atoms with E-state index < -0.39 is 0 Å². The van der Waals surface area contributed by atoms with Gasteiger partial charge in [0.25, 0.3) is 0 Å². The lowest BCUT2D eigenvalue weighted by Crippen LogP contribution is -2.05. The Morgan fingerprint density at radius 3 is 2.43 bits per heavy atom. The maximum absolute atomic E-state index is 13.3. The molecule has 0 saturated heterocycles. The van der Waals surface area contributed by atoms with Gasteiger partial charge in [0.15, 0.2) is 11.5 Å². The fraction of sp³-hybridized carbons (Fsp3) is 0.333. The highest BCUT2D eigenvalue weighted by molar-refractivity contribution is 7.80. The van der Waals surface area contributed by atoms with Gasteiger partial charge in [0.05, 0.1) is 20.8 Å². The molecule has 0 spiro atoms. The van der Waals surface area contributed by atoms with E-state index in [1.54, 1.807) is 20.3 Å². The maximum Gasteiger partial charge on any atom is 0.161 e. The van der Waals surface area contributed by atoms with E-state index in [2.05, 4.69) is 19.6 Å². The zero-order valence-electron chi connectivity index (χ0n) is 13.5. The monoisotopic (exact) mass is 336 g/mol. The van der Waals surface area contributed by atoms with Crippen LogP contribution in [0.1, 0.15) is 24.8 Å². The Kier molecular flexibility index (Phi) is 6.16. The first kappa shape index (κ1) is 17.5. The van der Waals surface area contributed by atoms with Gasteiger partial charge in [-0.05, 0) is 42.2 Å². The number of thiol groups is 1. The van der Waals surface area contributed by atoms with Crippen LogP contribution in [0.5, 0.6) is 17.2 Å². The predicted molar refractivity (Wildman–Crippen MR) is 91.7 cm³/mol. The molecule has 0 heterocycles. The van der Waals surface area contributed by atoms with Crippen LogP contribution in [0.15, 0.2) is 41.3 Å². The van der Waals surface area contributed by atoms with Crippen molar-refractivity contribution in [2.24, 2.45) is 0 Å². The molecule has 1 unspecified atom stereocenters. The Hall–Kier alpha value is -1.88. The van der Waals surface area contributed by atoms with Gasteiger partial charge in [0.1, 0.15) is 11.6 Å². The maximum atomic E-state index is 13.3. The van der Waals surface area contributed by atoms with Gasteiger partial charge in [-0.25, -0.2) is 4.39 Å². The Morgan fingerprint density at radius 1 is 1.00 bits per heavy atom. The molecule has 0 aliphatic carbocycles. The molecule has 0 N–H and O–H groups in total. The molecule has 0 radical (unpaired) electrons. The lowest BCUT2D eigenvalue weighted by atomic mass is 9.97. The second-order valence-electron chi connectivity index (χ2n) is 5.26. The van der Waals surface area contributed by atoms with Gasteiger partial charge in [-0.3, -0.25) is 0 Å². The molecule has 0 fully saturated rings.